The average molecular weight is 514 g/mol. The lowest BCUT2D eigenvalue weighted by Crippen LogP contribution is -2.35. The van der Waals surface area contributed by atoms with E-state index in [1.165, 1.54) is 6.21 Å². The van der Waals surface area contributed by atoms with Crippen LogP contribution < -0.4 is 20.2 Å². The van der Waals surface area contributed by atoms with Crippen molar-refractivity contribution in [1.82, 2.24) is 10.7 Å². The van der Waals surface area contributed by atoms with Crippen LogP contribution in [-0.4, -0.2) is 37.1 Å². The third-order valence-corrected chi connectivity index (χ3v) is 5.06. The third-order valence-electron chi connectivity index (χ3n) is 4.48. The molecule has 0 saturated heterocycles. The van der Waals surface area contributed by atoms with E-state index < -0.39 is 17.8 Å². The Morgan fingerprint density at radius 2 is 1.71 bits per heavy atom. The van der Waals surface area contributed by atoms with Crippen molar-refractivity contribution in [3.8, 4) is 11.5 Å². The molecule has 2 amide bonds. The van der Waals surface area contributed by atoms with E-state index in [2.05, 4.69) is 15.8 Å². The highest BCUT2D eigenvalue weighted by Crippen LogP contribution is 2.29. The Kier molecular flexibility index (Phi) is 9.23. The van der Waals surface area contributed by atoms with Crippen molar-refractivity contribution in [2.75, 3.05) is 13.2 Å². The third kappa shape index (κ3) is 7.56. The van der Waals surface area contributed by atoms with Crippen molar-refractivity contribution in [3.63, 3.8) is 0 Å². The number of rotatable bonds is 9. The lowest BCUT2D eigenvalue weighted by molar-refractivity contribution is -0.120. The van der Waals surface area contributed by atoms with Crippen molar-refractivity contribution in [2.24, 2.45) is 5.10 Å². The fourth-order valence-electron chi connectivity index (χ4n) is 2.82. The quantitative estimate of drug-likeness (QED) is 0.190. The van der Waals surface area contributed by atoms with E-state index in [0.29, 0.717) is 28.5 Å². The van der Waals surface area contributed by atoms with Crippen LogP contribution in [0.4, 0.5) is 0 Å². The molecule has 0 unspecified atom stereocenters. The van der Waals surface area contributed by atoms with Crippen molar-refractivity contribution >= 4 is 47.2 Å². The molecule has 0 aliphatic carbocycles. The molecule has 3 rings (SSSR count). The molecule has 3 aromatic rings. The smallest absolute Gasteiger partial charge is 0.343 e. The average Bonchev–Trinajstić information content (AvgIpc) is 2.85. The standard InChI is InChI=1S/C25H21Cl2N3O5/c1-2-34-22-13-16(7-12-21(22)35-25(33)17-8-10-18(26)11-9-17)14-29-30-23(31)15-28-24(32)19-5-3-4-6-20(19)27/h3-14H,2,15H2,1H3,(H,28,32)(H,30,31)/b29-14-. The van der Waals surface area contributed by atoms with Crippen molar-refractivity contribution < 1.29 is 23.9 Å². The summed E-state index contributed by atoms with van der Waals surface area (Å²) in [5.74, 6) is -0.998. The maximum atomic E-state index is 12.4. The summed E-state index contributed by atoms with van der Waals surface area (Å²) in [5, 5.41) is 7.15. The summed E-state index contributed by atoms with van der Waals surface area (Å²) < 4.78 is 11.0. The van der Waals surface area contributed by atoms with Gasteiger partial charge in [0.1, 0.15) is 0 Å². The van der Waals surface area contributed by atoms with Gasteiger partial charge in [-0.15, -0.1) is 0 Å². The molecule has 0 aliphatic rings. The zero-order valence-electron chi connectivity index (χ0n) is 18.6. The van der Waals surface area contributed by atoms with Crippen LogP contribution in [0.5, 0.6) is 11.5 Å². The molecule has 0 radical (unpaired) electrons. The molecule has 0 fully saturated rings. The molecule has 0 spiro atoms. The van der Waals surface area contributed by atoms with Gasteiger partial charge in [0, 0.05) is 5.02 Å². The fraction of sp³-hybridized carbons (Fsp3) is 0.120. The molecule has 0 atom stereocenters. The zero-order valence-corrected chi connectivity index (χ0v) is 20.1. The number of amides is 2. The summed E-state index contributed by atoms with van der Waals surface area (Å²) in [6.45, 7) is 1.85. The topological polar surface area (TPSA) is 106 Å². The molecule has 3 aromatic carbocycles. The van der Waals surface area contributed by atoms with Gasteiger partial charge in [-0.1, -0.05) is 35.3 Å². The minimum absolute atomic E-state index is 0.232. The second kappa shape index (κ2) is 12.5. The largest absolute Gasteiger partial charge is 0.490 e. The second-order valence-corrected chi connectivity index (χ2v) is 7.83. The minimum atomic E-state index is -0.560. The van der Waals surface area contributed by atoms with Gasteiger partial charge >= 0.3 is 5.97 Å². The minimum Gasteiger partial charge on any atom is -0.490 e. The van der Waals surface area contributed by atoms with E-state index in [1.807, 2.05) is 0 Å². The van der Waals surface area contributed by atoms with Crippen molar-refractivity contribution in [2.45, 2.75) is 6.92 Å². The molecule has 2 N–H and O–H groups in total. The van der Waals surface area contributed by atoms with Gasteiger partial charge < -0.3 is 14.8 Å². The Labute approximate surface area is 211 Å². The Balaban J connectivity index is 1.57. The maximum Gasteiger partial charge on any atom is 0.343 e. The molecule has 35 heavy (non-hydrogen) atoms. The van der Waals surface area contributed by atoms with E-state index in [9.17, 15) is 14.4 Å². The van der Waals surface area contributed by atoms with E-state index in [0.717, 1.165) is 0 Å². The van der Waals surface area contributed by atoms with Crippen LogP contribution in [0.3, 0.4) is 0 Å². The highest BCUT2D eigenvalue weighted by atomic mass is 35.5. The van der Waals surface area contributed by atoms with Crippen LogP contribution >= 0.6 is 23.2 Å². The van der Waals surface area contributed by atoms with Crippen LogP contribution in [0, 0.1) is 0 Å². The molecular formula is C25H21Cl2N3O5. The van der Waals surface area contributed by atoms with E-state index in [1.54, 1.807) is 73.7 Å². The van der Waals surface area contributed by atoms with Crippen molar-refractivity contribution in [3.05, 3.63) is 93.5 Å². The number of halogens is 2. The monoisotopic (exact) mass is 513 g/mol. The number of hydrogen-bond donors (Lipinski definition) is 2. The number of benzene rings is 3. The van der Waals surface area contributed by atoms with Gasteiger partial charge in [-0.25, -0.2) is 10.2 Å². The van der Waals surface area contributed by atoms with Gasteiger partial charge in [-0.3, -0.25) is 9.59 Å². The zero-order chi connectivity index (χ0) is 25.2. The lowest BCUT2D eigenvalue weighted by Gasteiger charge is -2.11. The summed E-state index contributed by atoms with van der Waals surface area (Å²) in [7, 11) is 0. The molecule has 8 nitrogen and oxygen atoms in total. The maximum absolute atomic E-state index is 12.4. The molecule has 10 heteroatoms. The predicted octanol–water partition coefficient (Wildman–Crippen LogP) is 4.49. The molecule has 0 bridgehead atoms. The molecule has 0 saturated carbocycles. The number of carbonyl (C=O) groups is 3. The van der Waals surface area contributed by atoms with Gasteiger partial charge in [0.05, 0.1) is 35.5 Å². The Morgan fingerprint density at radius 1 is 0.971 bits per heavy atom. The van der Waals surface area contributed by atoms with Crippen LogP contribution in [0.1, 0.15) is 33.2 Å². The fourth-order valence-corrected chi connectivity index (χ4v) is 3.17. The number of hydrogen-bond acceptors (Lipinski definition) is 6. The van der Waals surface area contributed by atoms with Gasteiger partial charge in [0.2, 0.25) is 0 Å². The summed E-state index contributed by atoms with van der Waals surface area (Å²) in [6, 6.07) is 17.6. The number of ether oxygens (including phenoxy) is 2. The highest BCUT2D eigenvalue weighted by molar-refractivity contribution is 6.33. The second-order valence-electron chi connectivity index (χ2n) is 6.99. The van der Waals surface area contributed by atoms with Crippen LogP contribution in [0.25, 0.3) is 0 Å². The number of hydrazone groups is 1. The number of nitrogens with zero attached hydrogens (tertiary/aromatic N) is 1. The van der Waals surface area contributed by atoms with E-state index in [-0.39, 0.29) is 22.9 Å². The van der Waals surface area contributed by atoms with Gasteiger partial charge in [0.15, 0.2) is 11.5 Å². The first kappa shape index (κ1) is 25.7. The molecular weight excluding hydrogens is 493 g/mol. The molecule has 0 aliphatic heterocycles. The predicted molar refractivity (Wildman–Crippen MR) is 134 cm³/mol. The number of carbonyl (C=O) groups excluding carboxylic acids is 3. The molecule has 0 aromatic heterocycles. The lowest BCUT2D eigenvalue weighted by atomic mass is 10.2. The van der Waals surface area contributed by atoms with Crippen LogP contribution in [-0.2, 0) is 4.79 Å². The SMILES string of the molecule is CCOc1cc(/C=N\NC(=O)CNC(=O)c2ccccc2Cl)ccc1OC(=O)c1ccc(Cl)cc1. The van der Waals surface area contributed by atoms with Gasteiger partial charge in [-0.2, -0.15) is 5.10 Å². The Morgan fingerprint density at radius 3 is 2.43 bits per heavy atom. The first-order valence-corrected chi connectivity index (χ1v) is 11.2. The number of esters is 1. The summed E-state index contributed by atoms with van der Waals surface area (Å²) >= 11 is 11.8. The van der Waals surface area contributed by atoms with Crippen LogP contribution in [0.15, 0.2) is 71.8 Å². The highest BCUT2D eigenvalue weighted by Gasteiger charge is 2.14. The van der Waals surface area contributed by atoms with Crippen molar-refractivity contribution in [1.29, 1.82) is 0 Å². The summed E-state index contributed by atoms with van der Waals surface area (Å²) in [6.07, 6.45) is 1.39. The Bertz CT molecular complexity index is 1250. The van der Waals surface area contributed by atoms with Gasteiger partial charge in [0.25, 0.3) is 11.8 Å². The van der Waals surface area contributed by atoms with E-state index in [4.69, 9.17) is 32.7 Å². The molecule has 0 heterocycles. The van der Waals surface area contributed by atoms with Gasteiger partial charge in [-0.05, 0) is 67.1 Å². The normalized spacial score (nSPS) is 10.6. The molecule has 180 valence electrons. The first-order chi connectivity index (χ1) is 16.9. The summed E-state index contributed by atoms with van der Waals surface area (Å²) in [5.41, 5.74) is 3.52. The number of nitrogens with one attached hydrogen (secondary N) is 2. The Hall–Kier alpha value is -3.88. The van der Waals surface area contributed by atoms with Crippen LogP contribution in [0.2, 0.25) is 10.0 Å². The first-order valence-electron chi connectivity index (χ1n) is 10.5. The summed E-state index contributed by atoms with van der Waals surface area (Å²) in [4.78, 5) is 36.5. The van der Waals surface area contributed by atoms with E-state index >= 15 is 0 Å².